The van der Waals surface area contributed by atoms with Gasteiger partial charge in [-0.2, -0.15) is 0 Å². The van der Waals surface area contributed by atoms with Crippen molar-refractivity contribution in [1.29, 1.82) is 0 Å². The molecule has 1 atom stereocenters. The van der Waals surface area contributed by atoms with Gasteiger partial charge in [-0.15, -0.1) is 0 Å². The molecule has 0 spiro atoms. The second kappa shape index (κ2) is 13.1. The minimum Gasteiger partial charge on any atom is -0.292 e. The lowest BCUT2D eigenvalue weighted by atomic mass is 9.85. The lowest BCUT2D eigenvalue weighted by Gasteiger charge is -2.22. The van der Waals surface area contributed by atoms with Crippen molar-refractivity contribution < 1.29 is 0 Å². The van der Waals surface area contributed by atoms with E-state index in [0.717, 1.165) is 40.1 Å². The monoisotopic (exact) mass is 676 g/mol. The first kappa shape index (κ1) is 31.0. The molecular formula is C51H36N2. The molecule has 2 heteroatoms. The van der Waals surface area contributed by atoms with E-state index in [2.05, 4.69) is 205 Å². The fraction of sp³-hybridized carbons (Fsp3) is 0.0392. The second-order valence-corrected chi connectivity index (χ2v) is 13.8. The SMILES string of the molecule is C1=CCC2C=CC(c3nc4c(-c5ccccc5-c5ccccc5)c5ccccc5c(-c5ccccc5-c5ccccc5)c4n3-c3ccccc3)=CC2=C1. The molecule has 2 aliphatic rings. The average Bonchev–Trinajstić information content (AvgIpc) is 3.63. The quantitative estimate of drug-likeness (QED) is 0.171. The summed E-state index contributed by atoms with van der Waals surface area (Å²) in [7, 11) is 0. The first-order valence-corrected chi connectivity index (χ1v) is 18.4. The fourth-order valence-electron chi connectivity index (χ4n) is 8.30. The fourth-order valence-corrected chi connectivity index (χ4v) is 8.30. The highest BCUT2D eigenvalue weighted by atomic mass is 15.1. The maximum absolute atomic E-state index is 5.80. The normalized spacial score (nSPS) is 15.0. The van der Waals surface area contributed by atoms with Gasteiger partial charge in [-0.3, -0.25) is 4.57 Å². The van der Waals surface area contributed by atoms with Gasteiger partial charge in [0.15, 0.2) is 0 Å². The molecule has 0 amide bonds. The Kier molecular flexibility index (Phi) is 7.66. The molecule has 8 aromatic rings. The molecule has 250 valence electrons. The van der Waals surface area contributed by atoms with Crippen LogP contribution in [-0.2, 0) is 0 Å². The van der Waals surface area contributed by atoms with E-state index in [0.29, 0.717) is 5.92 Å². The van der Waals surface area contributed by atoms with Gasteiger partial charge in [0.2, 0.25) is 0 Å². The molecular weight excluding hydrogens is 641 g/mol. The summed E-state index contributed by atoms with van der Waals surface area (Å²) in [4.78, 5) is 5.80. The summed E-state index contributed by atoms with van der Waals surface area (Å²) >= 11 is 0. The lowest BCUT2D eigenvalue weighted by molar-refractivity contribution is 0.780. The van der Waals surface area contributed by atoms with Crippen molar-refractivity contribution in [3.05, 3.63) is 212 Å². The number of para-hydroxylation sites is 1. The Morgan fingerprint density at radius 2 is 1.06 bits per heavy atom. The van der Waals surface area contributed by atoms with E-state index in [1.165, 1.54) is 55.3 Å². The third-order valence-corrected chi connectivity index (χ3v) is 10.7. The van der Waals surface area contributed by atoms with Crippen molar-refractivity contribution in [2.75, 3.05) is 0 Å². The number of hydrogen-bond donors (Lipinski definition) is 0. The Balaban J connectivity index is 1.41. The first-order valence-electron chi connectivity index (χ1n) is 18.4. The number of rotatable bonds is 6. The number of hydrogen-bond acceptors (Lipinski definition) is 1. The summed E-state index contributed by atoms with van der Waals surface area (Å²) in [6.45, 7) is 0. The molecule has 1 unspecified atom stereocenters. The Morgan fingerprint density at radius 1 is 0.528 bits per heavy atom. The summed E-state index contributed by atoms with van der Waals surface area (Å²) in [6, 6.07) is 58.9. The van der Waals surface area contributed by atoms with E-state index in [1.54, 1.807) is 0 Å². The third-order valence-electron chi connectivity index (χ3n) is 10.7. The summed E-state index contributed by atoms with van der Waals surface area (Å²) < 4.78 is 2.42. The third kappa shape index (κ3) is 5.30. The van der Waals surface area contributed by atoms with E-state index in [9.17, 15) is 0 Å². The Bertz CT molecular complexity index is 2780. The number of benzene rings is 7. The molecule has 7 aromatic carbocycles. The Morgan fingerprint density at radius 3 is 1.70 bits per heavy atom. The minimum atomic E-state index is 0.391. The molecule has 0 saturated carbocycles. The molecule has 2 nitrogen and oxygen atoms in total. The first-order chi connectivity index (χ1) is 26.3. The van der Waals surface area contributed by atoms with Gasteiger partial charge in [0.25, 0.3) is 0 Å². The van der Waals surface area contributed by atoms with Crippen molar-refractivity contribution in [3.8, 4) is 50.2 Å². The van der Waals surface area contributed by atoms with Crippen LogP contribution in [0.3, 0.4) is 0 Å². The van der Waals surface area contributed by atoms with Crippen LogP contribution in [0.2, 0.25) is 0 Å². The number of imidazole rings is 1. The Hall–Kier alpha value is -6.77. The second-order valence-electron chi connectivity index (χ2n) is 13.8. The van der Waals surface area contributed by atoms with Gasteiger partial charge in [-0.25, -0.2) is 4.98 Å². The predicted octanol–water partition coefficient (Wildman–Crippen LogP) is 13.3. The van der Waals surface area contributed by atoms with Gasteiger partial charge in [-0.1, -0.05) is 182 Å². The highest BCUT2D eigenvalue weighted by molar-refractivity contribution is 6.22. The maximum atomic E-state index is 5.80. The number of aromatic nitrogens is 2. The molecule has 1 heterocycles. The van der Waals surface area contributed by atoms with Crippen LogP contribution in [0, 0.1) is 5.92 Å². The maximum Gasteiger partial charge on any atom is 0.145 e. The van der Waals surface area contributed by atoms with Gasteiger partial charge in [0.05, 0.1) is 11.0 Å². The number of nitrogens with zero attached hydrogens (tertiary/aromatic N) is 2. The molecule has 10 rings (SSSR count). The summed E-state index contributed by atoms with van der Waals surface area (Å²) in [5.41, 5.74) is 15.0. The van der Waals surface area contributed by atoms with Crippen LogP contribution in [-0.4, -0.2) is 9.55 Å². The van der Waals surface area contributed by atoms with Crippen molar-refractivity contribution >= 4 is 27.4 Å². The van der Waals surface area contributed by atoms with E-state index in [1.807, 2.05) is 0 Å². The summed E-state index contributed by atoms with van der Waals surface area (Å²) in [5, 5.41) is 2.37. The van der Waals surface area contributed by atoms with Gasteiger partial charge in [0, 0.05) is 28.3 Å². The standard InChI is InChI=1S/C51H36N2/c1-4-19-36(20-5-1)41-26-12-14-28-43(41)47-45-30-16-17-31-46(45)48(44-29-15-13-27-42(44)37-21-6-2-7-22-37)50-49(47)52-51(53(50)40-24-8-3-9-25-40)39-33-32-35-18-10-11-23-38(35)34-39/h1-17,19-35H,18H2. The van der Waals surface area contributed by atoms with E-state index >= 15 is 0 Å². The van der Waals surface area contributed by atoms with Gasteiger partial charge >= 0.3 is 0 Å². The van der Waals surface area contributed by atoms with Crippen LogP contribution in [0.15, 0.2) is 206 Å². The van der Waals surface area contributed by atoms with Gasteiger partial charge in [0.1, 0.15) is 5.82 Å². The summed E-state index contributed by atoms with van der Waals surface area (Å²) in [5.74, 6) is 1.33. The molecule has 0 bridgehead atoms. The highest BCUT2D eigenvalue weighted by Crippen LogP contribution is 2.49. The van der Waals surface area contributed by atoms with E-state index in [-0.39, 0.29) is 0 Å². The van der Waals surface area contributed by atoms with Crippen LogP contribution >= 0.6 is 0 Å². The van der Waals surface area contributed by atoms with Crippen LogP contribution < -0.4 is 0 Å². The molecule has 0 N–H and O–H groups in total. The molecule has 0 saturated heterocycles. The van der Waals surface area contributed by atoms with Crippen molar-refractivity contribution in [3.63, 3.8) is 0 Å². The molecule has 2 aliphatic carbocycles. The van der Waals surface area contributed by atoms with Crippen LogP contribution in [0.5, 0.6) is 0 Å². The van der Waals surface area contributed by atoms with Crippen molar-refractivity contribution in [2.45, 2.75) is 6.42 Å². The van der Waals surface area contributed by atoms with Crippen LogP contribution in [0.4, 0.5) is 0 Å². The zero-order chi connectivity index (χ0) is 35.1. The highest BCUT2D eigenvalue weighted by Gasteiger charge is 2.28. The van der Waals surface area contributed by atoms with Gasteiger partial charge < -0.3 is 0 Å². The van der Waals surface area contributed by atoms with Crippen LogP contribution in [0.25, 0.3) is 77.6 Å². The number of allylic oxidation sites excluding steroid dienone is 8. The summed E-state index contributed by atoms with van der Waals surface area (Å²) in [6.07, 6.45) is 14.7. The topological polar surface area (TPSA) is 17.8 Å². The molecule has 0 radical (unpaired) electrons. The molecule has 1 aromatic heterocycles. The average molecular weight is 677 g/mol. The zero-order valence-corrected chi connectivity index (χ0v) is 29.2. The Labute approximate surface area is 310 Å². The minimum absolute atomic E-state index is 0.391. The smallest absolute Gasteiger partial charge is 0.145 e. The lowest BCUT2D eigenvalue weighted by Crippen LogP contribution is -2.08. The largest absolute Gasteiger partial charge is 0.292 e. The van der Waals surface area contributed by atoms with Gasteiger partial charge in [-0.05, 0) is 74.4 Å². The van der Waals surface area contributed by atoms with Crippen LogP contribution in [0.1, 0.15) is 12.2 Å². The molecule has 0 aliphatic heterocycles. The van der Waals surface area contributed by atoms with Crippen molar-refractivity contribution in [2.24, 2.45) is 5.92 Å². The number of fused-ring (bicyclic) bond motifs is 3. The van der Waals surface area contributed by atoms with E-state index < -0.39 is 0 Å². The predicted molar refractivity (Wildman–Crippen MR) is 223 cm³/mol. The van der Waals surface area contributed by atoms with E-state index in [4.69, 9.17) is 4.98 Å². The van der Waals surface area contributed by atoms with Crippen molar-refractivity contribution in [1.82, 2.24) is 9.55 Å². The molecule has 0 fully saturated rings. The molecule has 53 heavy (non-hydrogen) atoms. The zero-order valence-electron chi connectivity index (χ0n) is 29.2.